The van der Waals surface area contributed by atoms with Gasteiger partial charge in [-0.05, 0) is 31.5 Å². The molecule has 6 nitrogen and oxygen atoms in total. The van der Waals surface area contributed by atoms with Gasteiger partial charge in [-0.15, -0.1) is 10.2 Å². The van der Waals surface area contributed by atoms with Gasteiger partial charge in [0.1, 0.15) is 5.01 Å². The van der Waals surface area contributed by atoms with Crippen molar-refractivity contribution in [3.05, 3.63) is 71.0 Å². The molecule has 7 heteroatoms. The van der Waals surface area contributed by atoms with Gasteiger partial charge < -0.3 is 5.32 Å². The Kier molecular flexibility index (Phi) is 4.22. The van der Waals surface area contributed by atoms with Gasteiger partial charge in [0.2, 0.25) is 4.96 Å². The lowest BCUT2D eigenvalue weighted by Gasteiger charge is -2.06. The molecule has 1 N–H and O–H groups in total. The van der Waals surface area contributed by atoms with Gasteiger partial charge in [0, 0.05) is 17.7 Å². The normalized spacial score (nSPS) is 11.0. The Bertz CT molecular complexity index is 1080. The standard InChI is InChI=1S/C19H17N5OS/c1-12-4-3-5-16(10-12)17(25)20-11-14-6-8-15(9-7-14)18-23-24-13(2)21-22-19(24)26-18/h3-10H,11H2,1-2H3,(H,20,25). The monoisotopic (exact) mass is 363 g/mol. The van der Waals surface area contributed by atoms with Crippen molar-refractivity contribution in [1.29, 1.82) is 0 Å². The SMILES string of the molecule is Cc1cccc(C(=O)NCc2ccc(-c3nn4c(C)nnc4s3)cc2)c1. The van der Waals surface area contributed by atoms with Crippen LogP contribution in [0.15, 0.2) is 48.5 Å². The third-order valence-electron chi connectivity index (χ3n) is 4.08. The lowest BCUT2D eigenvalue weighted by molar-refractivity contribution is 0.0951. The first-order chi connectivity index (χ1) is 12.6. The molecule has 0 aliphatic heterocycles. The fraction of sp³-hybridized carbons (Fsp3) is 0.158. The van der Waals surface area contributed by atoms with Crippen LogP contribution in [0.2, 0.25) is 0 Å². The molecule has 2 heterocycles. The Morgan fingerprint density at radius 2 is 1.92 bits per heavy atom. The molecule has 0 radical (unpaired) electrons. The molecule has 2 aromatic heterocycles. The van der Waals surface area contributed by atoms with E-state index in [1.54, 1.807) is 4.52 Å². The molecule has 0 unspecified atom stereocenters. The van der Waals surface area contributed by atoms with Crippen molar-refractivity contribution in [2.45, 2.75) is 20.4 Å². The molecule has 0 aliphatic carbocycles. The summed E-state index contributed by atoms with van der Waals surface area (Å²) >= 11 is 1.50. The first kappa shape index (κ1) is 16.4. The summed E-state index contributed by atoms with van der Waals surface area (Å²) in [6.45, 7) is 4.34. The van der Waals surface area contributed by atoms with E-state index in [1.807, 2.05) is 62.4 Å². The van der Waals surface area contributed by atoms with Gasteiger partial charge >= 0.3 is 0 Å². The maximum Gasteiger partial charge on any atom is 0.251 e. The summed E-state index contributed by atoms with van der Waals surface area (Å²) in [6, 6.07) is 15.6. The van der Waals surface area contributed by atoms with Crippen LogP contribution >= 0.6 is 11.3 Å². The van der Waals surface area contributed by atoms with E-state index < -0.39 is 0 Å². The highest BCUT2D eigenvalue weighted by molar-refractivity contribution is 7.19. The Balaban J connectivity index is 1.45. The van der Waals surface area contributed by atoms with E-state index in [-0.39, 0.29) is 5.91 Å². The van der Waals surface area contributed by atoms with E-state index in [1.165, 1.54) is 11.3 Å². The number of hydrogen-bond acceptors (Lipinski definition) is 5. The van der Waals surface area contributed by atoms with E-state index in [0.29, 0.717) is 12.1 Å². The Labute approximate surface area is 154 Å². The van der Waals surface area contributed by atoms with Crippen molar-refractivity contribution in [3.63, 3.8) is 0 Å². The van der Waals surface area contributed by atoms with Gasteiger partial charge in [0.25, 0.3) is 5.91 Å². The van der Waals surface area contributed by atoms with Crippen molar-refractivity contribution in [2.75, 3.05) is 0 Å². The zero-order valence-electron chi connectivity index (χ0n) is 14.4. The zero-order chi connectivity index (χ0) is 18.1. The summed E-state index contributed by atoms with van der Waals surface area (Å²) in [4.78, 5) is 13.0. The van der Waals surface area contributed by atoms with Gasteiger partial charge in [-0.25, -0.2) is 0 Å². The Hall–Kier alpha value is -3.06. The van der Waals surface area contributed by atoms with Gasteiger partial charge in [-0.2, -0.15) is 9.61 Å². The topological polar surface area (TPSA) is 72.2 Å². The van der Waals surface area contributed by atoms with Crippen LogP contribution in [0.4, 0.5) is 0 Å². The number of fused-ring (bicyclic) bond motifs is 1. The fourth-order valence-electron chi connectivity index (χ4n) is 2.67. The van der Waals surface area contributed by atoms with Gasteiger partial charge in [0.15, 0.2) is 5.82 Å². The fourth-order valence-corrected chi connectivity index (χ4v) is 3.56. The lowest BCUT2D eigenvalue weighted by Crippen LogP contribution is -2.22. The highest BCUT2D eigenvalue weighted by Gasteiger charge is 2.10. The summed E-state index contributed by atoms with van der Waals surface area (Å²) in [6.07, 6.45) is 0. The van der Waals surface area contributed by atoms with Crippen LogP contribution in [0.3, 0.4) is 0 Å². The van der Waals surface area contributed by atoms with Crippen LogP contribution < -0.4 is 5.32 Å². The molecule has 1 amide bonds. The van der Waals surface area contributed by atoms with Crippen LogP contribution in [0.25, 0.3) is 15.5 Å². The Morgan fingerprint density at radius 1 is 1.12 bits per heavy atom. The van der Waals surface area contributed by atoms with Crippen LogP contribution in [0, 0.1) is 13.8 Å². The van der Waals surface area contributed by atoms with Crippen molar-refractivity contribution < 1.29 is 4.79 Å². The van der Waals surface area contributed by atoms with Crippen LogP contribution in [-0.4, -0.2) is 25.7 Å². The zero-order valence-corrected chi connectivity index (χ0v) is 15.2. The summed E-state index contributed by atoms with van der Waals surface area (Å²) in [5.41, 5.74) is 3.81. The van der Waals surface area contributed by atoms with E-state index in [0.717, 1.165) is 32.5 Å². The van der Waals surface area contributed by atoms with Gasteiger partial charge in [0.05, 0.1) is 0 Å². The molecule has 0 spiro atoms. The average Bonchev–Trinajstić information content (AvgIpc) is 3.22. The molecular formula is C19H17N5OS. The second kappa shape index (κ2) is 6.68. The van der Waals surface area contributed by atoms with E-state index in [9.17, 15) is 4.79 Å². The largest absolute Gasteiger partial charge is 0.348 e. The number of aromatic nitrogens is 4. The molecule has 130 valence electrons. The molecule has 0 saturated heterocycles. The maximum atomic E-state index is 12.2. The predicted molar refractivity (Wildman–Crippen MR) is 101 cm³/mol. The smallest absolute Gasteiger partial charge is 0.251 e. The highest BCUT2D eigenvalue weighted by Crippen LogP contribution is 2.25. The summed E-state index contributed by atoms with van der Waals surface area (Å²) in [5.74, 6) is 0.708. The molecule has 0 bridgehead atoms. The number of hydrogen-bond donors (Lipinski definition) is 1. The van der Waals surface area contributed by atoms with E-state index in [2.05, 4.69) is 20.6 Å². The number of aryl methyl sites for hydroxylation is 2. The molecular weight excluding hydrogens is 346 g/mol. The average molecular weight is 363 g/mol. The molecule has 0 atom stereocenters. The van der Waals surface area contributed by atoms with Gasteiger partial charge in [-0.3, -0.25) is 4.79 Å². The molecule has 0 fully saturated rings. The minimum absolute atomic E-state index is 0.0677. The maximum absolute atomic E-state index is 12.2. The first-order valence-corrected chi connectivity index (χ1v) is 9.05. The van der Waals surface area contributed by atoms with Crippen molar-refractivity contribution in [2.24, 2.45) is 0 Å². The predicted octanol–water partition coefficient (Wildman–Crippen LogP) is 3.40. The molecule has 0 aliphatic rings. The molecule has 4 aromatic rings. The van der Waals surface area contributed by atoms with Crippen molar-refractivity contribution in [1.82, 2.24) is 25.1 Å². The van der Waals surface area contributed by atoms with E-state index >= 15 is 0 Å². The van der Waals surface area contributed by atoms with Crippen molar-refractivity contribution in [3.8, 4) is 10.6 Å². The summed E-state index contributed by atoms with van der Waals surface area (Å²) < 4.78 is 1.75. The number of rotatable bonds is 4. The number of nitrogens with zero attached hydrogens (tertiary/aromatic N) is 4. The molecule has 2 aromatic carbocycles. The minimum Gasteiger partial charge on any atom is -0.348 e. The first-order valence-electron chi connectivity index (χ1n) is 8.23. The Morgan fingerprint density at radius 3 is 2.65 bits per heavy atom. The number of benzene rings is 2. The highest BCUT2D eigenvalue weighted by atomic mass is 32.1. The number of carbonyl (C=O) groups excluding carboxylic acids is 1. The number of carbonyl (C=O) groups is 1. The summed E-state index contributed by atoms with van der Waals surface area (Å²) in [7, 11) is 0. The van der Waals surface area contributed by atoms with Gasteiger partial charge in [-0.1, -0.05) is 53.3 Å². The molecule has 4 rings (SSSR count). The van der Waals surface area contributed by atoms with E-state index in [4.69, 9.17) is 0 Å². The summed E-state index contributed by atoms with van der Waals surface area (Å²) in [5, 5.41) is 16.5. The third-order valence-corrected chi connectivity index (χ3v) is 5.03. The number of amides is 1. The quantitative estimate of drug-likeness (QED) is 0.603. The lowest BCUT2D eigenvalue weighted by atomic mass is 10.1. The second-order valence-electron chi connectivity index (χ2n) is 6.10. The van der Waals surface area contributed by atoms with Crippen LogP contribution in [0.5, 0.6) is 0 Å². The number of nitrogens with one attached hydrogen (secondary N) is 1. The third kappa shape index (κ3) is 3.21. The van der Waals surface area contributed by atoms with Crippen LogP contribution in [0.1, 0.15) is 27.3 Å². The molecule has 0 saturated carbocycles. The van der Waals surface area contributed by atoms with Crippen LogP contribution in [-0.2, 0) is 6.54 Å². The molecule has 26 heavy (non-hydrogen) atoms. The minimum atomic E-state index is -0.0677. The van der Waals surface area contributed by atoms with Crippen molar-refractivity contribution >= 4 is 22.2 Å². The second-order valence-corrected chi connectivity index (χ2v) is 7.05.